The van der Waals surface area contributed by atoms with Crippen LogP contribution in [-0.2, 0) is 22.3 Å². The molecule has 19 heavy (non-hydrogen) atoms. The van der Waals surface area contributed by atoms with Crippen molar-refractivity contribution in [2.75, 3.05) is 26.7 Å². The van der Waals surface area contributed by atoms with Gasteiger partial charge < -0.3 is 10.6 Å². The fourth-order valence-corrected chi connectivity index (χ4v) is 2.73. The van der Waals surface area contributed by atoms with E-state index in [1.807, 2.05) is 26.1 Å². The van der Waals surface area contributed by atoms with Gasteiger partial charge in [0.05, 0.1) is 5.75 Å². The summed E-state index contributed by atoms with van der Waals surface area (Å²) in [4.78, 5) is 2.05. The van der Waals surface area contributed by atoms with Crippen LogP contribution in [-0.4, -0.2) is 40.0 Å². The smallest absolute Gasteiger partial charge is 0.215 e. The fourth-order valence-electron chi connectivity index (χ4n) is 1.59. The lowest BCUT2D eigenvalue weighted by molar-refractivity contribution is 0.358. The molecule has 0 saturated heterocycles. The SMILES string of the molecule is CCN(C)CCNS(=O)(=O)Cc1ccc(CN)cc1. The van der Waals surface area contributed by atoms with Crippen molar-refractivity contribution in [2.24, 2.45) is 5.73 Å². The zero-order chi connectivity index (χ0) is 14.3. The Labute approximate surface area is 115 Å². The first-order valence-corrected chi connectivity index (χ1v) is 8.06. The molecular weight excluding hydrogens is 262 g/mol. The molecule has 0 bridgehead atoms. The molecule has 0 saturated carbocycles. The second kappa shape index (κ2) is 7.59. The van der Waals surface area contributed by atoms with Crippen LogP contribution in [0.3, 0.4) is 0 Å². The molecular formula is C13H23N3O2S. The summed E-state index contributed by atoms with van der Waals surface area (Å²) in [6.07, 6.45) is 0. The first-order chi connectivity index (χ1) is 8.96. The number of nitrogens with two attached hydrogens (primary N) is 1. The zero-order valence-corrected chi connectivity index (χ0v) is 12.4. The highest BCUT2D eigenvalue weighted by Crippen LogP contribution is 2.07. The summed E-state index contributed by atoms with van der Waals surface area (Å²) in [5, 5.41) is 0. The molecule has 0 aromatic heterocycles. The van der Waals surface area contributed by atoms with Gasteiger partial charge in [-0.3, -0.25) is 0 Å². The lowest BCUT2D eigenvalue weighted by Crippen LogP contribution is -2.33. The van der Waals surface area contributed by atoms with Gasteiger partial charge in [0.1, 0.15) is 0 Å². The molecule has 5 nitrogen and oxygen atoms in total. The third kappa shape index (κ3) is 6.15. The van der Waals surface area contributed by atoms with Crippen LogP contribution in [0.1, 0.15) is 18.1 Å². The number of sulfonamides is 1. The number of nitrogens with zero attached hydrogens (tertiary/aromatic N) is 1. The maximum Gasteiger partial charge on any atom is 0.215 e. The van der Waals surface area contributed by atoms with Crippen molar-refractivity contribution in [3.8, 4) is 0 Å². The van der Waals surface area contributed by atoms with Crippen LogP contribution in [0.15, 0.2) is 24.3 Å². The minimum Gasteiger partial charge on any atom is -0.326 e. The summed E-state index contributed by atoms with van der Waals surface area (Å²) >= 11 is 0. The van der Waals surface area contributed by atoms with Crippen LogP contribution in [0, 0.1) is 0 Å². The molecule has 3 N–H and O–H groups in total. The molecule has 0 spiro atoms. The van der Waals surface area contributed by atoms with E-state index in [1.54, 1.807) is 12.1 Å². The van der Waals surface area contributed by atoms with Crippen LogP contribution >= 0.6 is 0 Å². The lowest BCUT2D eigenvalue weighted by Gasteiger charge is -2.14. The maximum absolute atomic E-state index is 11.9. The molecule has 0 radical (unpaired) electrons. The van der Waals surface area contributed by atoms with E-state index in [0.717, 1.165) is 17.7 Å². The van der Waals surface area contributed by atoms with Crippen molar-refractivity contribution in [2.45, 2.75) is 19.2 Å². The first-order valence-electron chi connectivity index (χ1n) is 6.40. The van der Waals surface area contributed by atoms with Crippen molar-refractivity contribution in [1.29, 1.82) is 0 Å². The monoisotopic (exact) mass is 285 g/mol. The fraction of sp³-hybridized carbons (Fsp3) is 0.538. The molecule has 0 fully saturated rings. The van der Waals surface area contributed by atoms with E-state index in [-0.39, 0.29) is 5.75 Å². The van der Waals surface area contributed by atoms with Gasteiger partial charge >= 0.3 is 0 Å². The molecule has 1 aromatic carbocycles. The van der Waals surface area contributed by atoms with Crippen LogP contribution in [0.5, 0.6) is 0 Å². The minimum absolute atomic E-state index is 0.00763. The summed E-state index contributed by atoms with van der Waals surface area (Å²) in [5.41, 5.74) is 7.27. The van der Waals surface area contributed by atoms with Crippen molar-refractivity contribution in [1.82, 2.24) is 9.62 Å². The Bertz CT molecular complexity index is 471. The van der Waals surface area contributed by atoms with Crippen LogP contribution < -0.4 is 10.5 Å². The predicted molar refractivity (Wildman–Crippen MR) is 78.1 cm³/mol. The van der Waals surface area contributed by atoms with Gasteiger partial charge in [-0.25, -0.2) is 13.1 Å². The van der Waals surface area contributed by atoms with Gasteiger partial charge in [0.2, 0.25) is 10.0 Å². The van der Waals surface area contributed by atoms with E-state index < -0.39 is 10.0 Å². The standard InChI is InChI=1S/C13H23N3O2S/c1-3-16(2)9-8-15-19(17,18)11-13-6-4-12(10-14)5-7-13/h4-7,15H,3,8-11,14H2,1-2H3. The highest BCUT2D eigenvalue weighted by atomic mass is 32.2. The molecule has 1 aromatic rings. The number of likely N-dealkylation sites (N-methyl/N-ethyl adjacent to an activating group) is 1. The Kier molecular flexibility index (Phi) is 6.44. The zero-order valence-electron chi connectivity index (χ0n) is 11.6. The molecule has 0 aliphatic rings. The van der Waals surface area contributed by atoms with E-state index in [2.05, 4.69) is 9.62 Å². The molecule has 0 atom stereocenters. The van der Waals surface area contributed by atoms with Gasteiger partial charge in [0.15, 0.2) is 0 Å². The Morgan fingerprint density at radius 2 is 1.79 bits per heavy atom. The van der Waals surface area contributed by atoms with E-state index in [1.165, 1.54) is 0 Å². The molecule has 0 heterocycles. The number of rotatable bonds is 8. The Morgan fingerprint density at radius 3 is 2.32 bits per heavy atom. The van der Waals surface area contributed by atoms with Gasteiger partial charge in [0, 0.05) is 19.6 Å². The molecule has 1 rings (SSSR count). The number of nitrogens with one attached hydrogen (secondary N) is 1. The summed E-state index contributed by atoms with van der Waals surface area (Å²) in [6, 6.07) is 7.32. The average Bonchev–Trinajstić information content (AvgIpc) is 2.38. The van der Waals surface area contributed by atoms with Crippen LogP contribution in [0.2, 0.25) is 0 Å². The number of benzene rings is 1. The highest BCUT2D eigenvalue weighted by Gasteiger charge is 2.11. The third-order valence-electron chi connectivity index (χ3n) is 2.97. The van der Waals surface area contributed by atoms with Gasteiger partial charge in [-0.1, -0.05) is 31.2 Å². The third-order valence-corrected chi connectivity index (χ3v) is 4.33. The second-order valence-corrected chi connectivity index (χ2v) is 6.38. The number of hydrogen-bond acceptors (Lipinski definition) is 4. The van der Waals surface area contributed by atoms with E-state index in [4.69, 9.17) is 5.73 Å². The molecule has 6 heteroatoms. The molecule has 0 aliphatic carbocycles. The topological polar surface area (TPSA) is 75.4 Å². The van der Waals surface area contributed by atoms with Crippen molar-refractivity contribution in [3.05, 3.63) is 35.4 Å². The second-order valence-electron chi connectivity index (χ2n) is 4.57. The van der Waals surface area contributed by atoms with Gasteiger partial charge in [-0.05, 0) is 24.7 Å². The van der Waals surface area contributed by atoms with E-state index in [0.29, 0.717) is 19.6 Å². The van der Waals surface area contributed by atoms with Crippen LogP contribution in [0.4, 0.5) is 0 Å². The minimum atomic E-state index is -3.27. The maximum atomic E-state index is 11.9. The predicted octanol–water partition coefficient (Wildman–Crippen LogP) is 0.516. The Hall–Kier alpha value is -0.950. The molecule has 108 valence electrons. The summed E-state index contributed by atoms with van der Waals surface area (Å²) in [7, 11) is -1.31. The molecule has 0 unspecified atom stereocenters. The normalized spacial score (nSPS) is 12.0. The summed E-state index contributed by atoms with van der Waals surface area (Å²) in [5.74, 6) is 0.00763. The van der Waals surface area contributed by atoms with Crippen LogP contribution in [0.25, 0.3) is 0 Å². The van der Waals surface area contributed by atoms with Gasteiger partial charge in [-0.2, -0.15) is 0 Å². The highest BCUT2D eigenvalue weighted by molar-refractivity contribution is 7.88. The van der Waals surface area contributed by atoms with Crippen molar-refractivity contribution >= 4 is 10.0 Å². The van der Waals surface area contributed by atoms with E-state index >= 15 is 0 Å². The Balaban J connectivity index is 2.49. The largest absolute Gasteiger partial charge is 0.326 e. The average molecular weight is 285 g/mol. The molecule has 0 aliphatic heterocycles. The van der Waals surface area contributed by atoms with Gasteiger partial charge in [-0.15, -0.1) is 0 Å². The van der Waals surface area contributed by atoms with Gasteiger partial charge in [0.25, 0.3) is 0 Å². The number of hydrogen-bond donors (Lipinski definition) is 2. The first kappa shape index (κ1) is 16.1. The lowest BCUT2D eigenvalue weighted by atomic mass is 10.1. The van der Waals surface area contributed by atoms with Crippen molar-refractivity contribution in [3.63, 3.8) is 0 Å². The quantitative estimate of drug-likeness (QED) is 0.730. The van der Waals surface area contributed by atoms with Crippen molar-refractivity contribution < 1.29 is 8.42 Å². The summed E-state index contributed by atoms with van der Waals surface area (Å²) < 4.78 is 26.3. The van der Waals surface area contributed by atoms with E-state index in [9.17, 15) is 8.42 Å². The molecule has 0 amide bonds. The summed E-state index contributed by atoms with van der Waals surface area (Å²) in [6.45, 7) is 4.56. The Morgan fingerprint density at radius 1 is 1.21 bits per heavy atom.